The van der Waals surface area contributed by atoms with Crippen LogP contribution in [0.5, 0.6) is 11.5 Å². The third kappa shape index (κ3) is 3.91. The molecule has 0 unspecified atom stereocenters. The number of aliphatic hydroxyl groups excluding tert-OH is 1. The maximum absolute atomic E-state index is 13.8. The van der Waals surface area contributed by atoms with E-state index in [1.807, 2.05) is 38.1 Å². The number of aliphatic hydroxyl groups is 1. The monoisotopic (exact) mass is 473 g/mol. The lowest BCUT2D eigenvalue weighted by Gasteiger charge is -2.41. The molecule has 35 heavy (non-hydrogen) atoms. The van der Waals surface area contributed by atoms with E-state index < -0.39 is 23.3 Å². The molecule has 0 radical (unpaired) electrons. The van der Waals surface area contributed by atoms with E-state index in [4.69, 9.17) is 9.47 Å². The fourth-order valence-electron chi connectivity index (χ4n) is 4.83. The van der Waals surface area contributed by atoms with Crippen molar-refractivity contribution in [1.29, 1.82) is 0 Å². The average molecular weight is 474 g/mol. The van der Waals surface area contributed by atoms with Crippen LogP contribution in [-0.4, -0.2) is 41.9 Å². The summed E-state index contributed by atoms with van der Waals surface area (Å²) >= 11 is 0. The fourth-order valence-corrected chi connectivity index (χ4v) is 4.83. The van der Waals surface area contributed by atoms with Gasteiger partial charge in [0.05, 0.1) is 12.6 Å². The Morgan fingerprint density at radius 1 is 1.00 bits per heavy atom. The van der Waals surface area contributed by atoms with Gasteiger partial charge in [0, 0.05) is 16.7 Å². The van der Waals surface area contributed by atoms with Crippen LogP contribution >= 0.6 is 0 Å². The number of rotatable bonds is 5. The summed E-state index contributed by atoms with van der Waals surface area (Å²) < 4.78 is 11.4. The average Bonchev–Trinajstić information content (AvgIpc) is 2.88. The molecule has 2 N–H and O–H groups in total. The summed E-state index contributed by atoms with van der Waals surface area (Å²) in [7, 11) is 0. The van der Waals surface area contributed by atoms with Crippen LogP contribution in [0.2, 0.25) is 0 Å². The number of aliphatic carboxylic acids is 1. The number of carboxylic acid groups (broad SMARTS) is 1. The number of amides is 1. The van der Waals surface area contributed by atoms with Crippen LogP contribution in [-0.2, 0) is 10.2 Å². The second-order valence-electron chi connectivity index (χ2n) is 9.52. The van der Waals surface area contributed by atoms with Gasteiger partial charge in [-0.15, -0.1) is 0 Å². The van der Waals surface area contributed by atoms with Crippen LogP contribution in [0.1, 0.15) is 52.9 Å². The number of anilines is 1. The van der Waals surface area contributed by atoms with Crippen molar-refractivity contribution in [3.05, 3.63) is 89.0 Å². The van der Waals surface area contributed by atoms with E-state index in [2.05, 4.69) is 0 Å². The Bertz CT molecular complexity index is 1280. The van der Waals surface area contributed by atoms with Gasteiger partial charge in [0.25, 0.3) is 5.91 Å². The Hall–Kier alpha value is -3.84. The third-order valence-corrected chi connectivity index (χ3v) is 6.84. The number of carboxylic acids is 1. The molecule has 0 aromatic heterocycles. The van der Waals surface area contributed by atoms with Gasteiger partial charge in [-0.3, -0.25) is 14.5 Å². The molecule has 2 aliphatic rings. The van der Waals surface area contributed by atoms with Gasteiger partial charge in [-0.2, -0.15) is 0 Å². The van der Waals surface area contributed by atoms with Crippen LogP contribution in [0.4, 0.5) is 5.69 Å². The van der Waals surface area contributed by atoms with Gasteiger partial charge in [-0.05, 0) is 47.0 Å². The molecule has 0 aliphatic carbocycles. The van der Waals surface area contributed by atoms with E-state index in [9.17, 15) is 19.8 Å². The molecule has 2 heterocycles. The summed E-state index contributed by atoms with van der Waals surface area (Å²) in [6, 6.07) is 18.8. The second kappa shape index (κ2) is 8.74. The highest BCUT2D eigenvalue weighted by Crippen LogP contribution is 2.47. The number of fused-ring (bicyclic) bond motifs is 2. The van der Waals surface area contributed by atoms with Crippen molar-refractivity contribution in [1.82, 2.24) is 0 Å². The first-order chi connectivity index (χ1) is 16.8. The Morgan fingerprint density at radius 2 is 1.69 bits per heavy atom. The molecule has 3 aromatic carbocycles. The van der Waals surface area contributed by atoms with E-state index in [0.29, 0.717) is 47.1 Å². The van der Waals surface area contributed by atoms with Gasteiger partial charge < -0.3 is 19.7 Å². The molecule has 0 saturated heterocycles. The Morgan fingerprint density at radius 3 is 2.37 bits per heavy atom. The van der Waals surface area contributed by atoms with Gasteiger partial charge in [-0.25, -0.2) is 0 Å². The number of carbonyl (C=O) groups is 2. The molecule has 3 aromatic rings. The largest absolute Gasteiger partial charge is 0.486 e. The summed E-state index contributed by atoms with van der Waals surface area (Å²) in [6.45, 7) is 4.69. The lowest BCUT2D eigenvalue weighted by molar-refractivity contribution is -0.139. The topological polar surface area (TPSA) is 96.3 Å². The molecule has 0 spiro atoms. The lowest BCUT2D eigenvalue weighted by atomic mass is 9.79. The van der Waals surface area contributed by atoms with Crippen LogP contribution in [0.3, 0.4) is 0 Å². The number of hydrogen-bond acceptors (Lipinski definition) is 5. The van der Waals surface area contributed by atoms with Gasteiger partial charge in [-0.1, -0.05) is 50.2 Å². The first-order valence-corrected chi connectivity index (χ1v) is 11.6. The summed E-state index contributed by atoms with van der Waals surface area (Å²) in [6.07, 6.45) is 0. The number of nitrogens with zero attached hydrogens (tertiary/aromatic N) is 1. The Labute approximate surface area is 203 Å². The summed E-state index contributed by atoms with van der Waals surface area (Å²) in [5, 5.41) is 20.1. The van der Waals surface area contributed by atoms with E-state index in [1.54, 1.807) is 47.4 Å². The van der Waals surface area contributed by atoms with E-state index in [1.165, 1.54) is 0 Å². The van der Waals surface area contributed by atoms with Crippen LogP contribution in [0.25, 0.3) is 0 Å². The number of hydrogen-bond donors (Lipinski definition) is 2. The minimum Gasteiger partial charge on any atom is -0.486 e. The number of carbonyl (C=O) groups excluding carboxylic acids is 1. The minimum atomic E-state index is -1.02. The Kier molecular flexibility index (Phi) is 5.73. The quantitative estimate of drug-likeness (QED) is 0.574. The summed E-state index contributed by atoms with van der Waals surface area (Å²) in [4.78, 5) is 28.1. The van der Waals surface area contributed by atoms with Crippen molar-refractivity contribution < 1.29 is 29.3 Å². The standard InChI is InChI=1S/C28H27NO6/c1-28(2,16-30)18-8-10-19(11-9-18)29-25(17-7-12-22-23(15-17)35-14-13-34-22)24(27(32)33)20-5-3-4-6-21(20)26(29)31/h3-12,15,24-25,30H,13-14,16H2,1-2H3,(H,32,33)/t24-,25+/m1/s1. The second-order valence-corrected chi connectivity index (χ2v) is 9.52. The maximum Gasteiger partial charge on any atom is 0.313 e. The fraction of sp³-hybridized carbons (Fsp3) is 0.286. The molecule has 2 atom stereocenters. The molecule has 1 amide bonds. The molecule has 0 bridgehead atoms. The van der Waals surface area contributed by atoms with Gasteiger partial charge in [0.1, 0.15) is 19.1 Å². The molecule has 0 fully saturated rings. The molecule has 180 valence electrons. The first-order valence-electron chi connectivity index (χ1n) is 11.6. The van der Waals surface area contributed by atoms with Crippen molar-refractivity contribution in [3.8, 4) is 11.5 Å². The first kappa shape index (κ1) is 22.9. The van der Waals surface area contributed by atoms with Crippen molar-refractivity contribution in [2.75, 3.05) is 24.7 Å². The van der Waals surface area contributed by atoms with Crippen molar-refractivity contribution in [2.24, 2.45) is 0 Å². The molecule has 7 heteroatoms. The molecule has 5 rings (SSSR count). The van der Waals surface area contributed by atoms with E-state index in [0.717, 1.165) is 5.56 Å². The maximum atomic E-state index is 13.8. The van der Waals surface area contributed by atoms with Gasteiger partial charge in [0.15, 0.2) is 11.5 Å². The minimum absolute atomic E-state index is 0.0245. The zero-order valence-electron chi connectivity index (χ0n) is 19.6. The normalized spacial score (nSPS) is 19.3. The van der Waals surface area contributed by atoms with Crippen LogP contribution < -0.4 is 14.4 Å². The summed E-state index contributed by atoms with van der Waals surface area (Å²) in [5.74, 6) is -1.15. The van der Waals surface area contributed by atoms with Crippen molar-refractivity contribution >= 4 is 17.6 Å². The van der Waals surface area contributed by atoms with E-state index >= 15 is 0 Å². The van der Waals surface area contributed by atoms with E-state index in [-0.39, 0.29) is 12.5 Å². The summed E-state index contributed by atoms with van der Waals surface area (Å²) in [5.41, 5.74) is 2.54. The highest BCUT2D eigenvalue weighted by molar-refractivity contribution is 6.11. The van der Waals surface area contributed by atoms with Crippen molar-refractivity contribution in [3.63, 3.8) is 0 Å². The van der Waals surface area contributed by atoms with Crippen LogP contribution in [0, 0.1) is 0 Å². The lowest BCUT2D eigenvalue weighted by Crippen LogP contribution is -2.45. The predicted molar refractivity (Wildman–Crippen MR) is 130 cm³/mol. The number of benzene rings is 3. The zero-order chi connectivity index (χ0) is 24.7. The molecule has 7 nitrogen and oxygen atoms in total. The molecular formula is C28H27NO6. The third-order valence-electron chi connectivity index (χ3n) is 6.84. The molecular weight excluding hydrogens is 446 g/mol. The highest BCUT2D eigenvalue weighted by atomic mass is 16.6. The highest BCUT2D eigenvalue weighted by Gasteiger charge is 2.45. The predicted octanol–water partition coefficient (Wildman–Crippen LogP) is 4.30. The molecule has 0 saturated carbocycles. The van der Waals surface area contributed by atoms with Crippen molar-refractivity contribution in [2.45, 2.75) is 31.2 Å². The smallest absolute Gasteiger partial charge is 0.313 e. The molecule has 2 aliphatic heterocycles. The van der Waals surface area contributed by atoms with Gasteiger partial charge in [0.2, 0.25) is 0 Å². The zero-order valence-corrected chi connectivity index (χ0v) is 19.6. The number of ether oxygens (including phenoxy) is 2. The Balaban J connectivity index is 1.68. The van der Waals surface area contributed by atoms with Gasteiger partial charge >= 0.3 is 5.97 Å². The SMILES string of the molecule is CC(C)(CO)c1ccc(N2C(=O)c3ccccc3[C@@H](C(=O)O)[C@@H]2c2ccc3c(c2)OCCO3)cc1. The van der Waals surface area contributed by atoms with Crippen LogP contribution in [0.15, 0.2) is 66.7 Å².